The summed E-state index contributed by atoms with van der Waals surface area (Å²) in [7, 11) is 0. The number of rotatable bonds is 6. The molecule has 2 heterocycles. The van der Waals surface area contributed by atoms with E-state index in [4.69, 9.17) is 0 Å². The summed E-state index contributed by atoms with van der Waals surface area (Å²) in [5.74, 6) is -0.490. The van der Waals surface area contributed by atoms with Gasteiger partial charge in [0.2, 0.25) is 11.8 Å². The van der Waals surface area contributed by atoms with Gasteiger partial charge in [-0.1, -0.05) is 29.5 Å². The Morgan fingerprint density at radius 1 is 1.12 bits per heavy atom. The van der Waals surface area contributed by atoms with Gasteiger partial charge in [-0.25, -0.2) is 4.68 Å². The monoisotopic (exact) mass is 461 g/mol. The van der Waals surface area contributed by atoms with Crippen LogP contribution in [0, 0.1) is 6.92 Å². The molecule has 0 unspecified atom stereocenters. The van der Waals surface area contributed by atoms with Crippen LogP contribution in [0.5, 0.6) is 0 Å². The van der Waals surface area contributed by atoms with Gasteiger partial charge >= 0.3 is 0 Å². The number of nitrogens with zero attached hydrogens (tertiary/aromatic N) is 4. The summed E-state index contributed by atoms with van der Waals surface area (Å²) in [6.07, 6.45) is 0. The van der Waals surface area contributed by atoms with Crippen LogP contribution < -0.4 is 10.2 Å². The van der Waals surface area contributed by atoms with Gasteiger partial charge in [-0.15, -0.1) is 5.10 Å². The Kier molecular flexibility index (Phi) is 6.29. The number of para-hydroxylation sites is 1. The van der Waals surface area contributed by atoms with E-state index in [-0.39, 0.29) is 18.4 Å². The number of anilines is 1. The second-order valence-corrected chi connectivity index (χ2v) is 9.82. The van der Waals surface area contributed by atoms with Crippen LogP contribution in [0.2, 0.25) is 0 Å². The fourth-order valence-corrected chi connectivity index (χ4v) is 4.42. The molecule has 0 aliphatic heterocycles. The molecule has 2 aromatic heterocycles. The zero-order chi connectivity index (χ0) is 23.6. The number of aromatic nitrogens is 3. The molecular weight excluding hydrogens is 434 g/mol. The third kappa shape index (κ3) is 5.12. The van der Waals surface area contributed by atoms with E-state index >= 15 is 0 Å². The van der Waals surface area contributed by atoms with Crippen molar-refractivity contribution in [3.8, 4) is 0 Å². The molecule has 0 radical (unpaired) electrons. The highest BCUT2D eigenvalue weighted by Crippen LogP contribution is 2.31. The first-order valence-electron chi connectivity index (χ1n) is 10.7. The number of hydrogen-bond donors (Lipinski definition) is 1. The summed E-state index contributed by atoms with van der Waals surface area (Å²) >= 11 is 1.49. The van der Waals surface area contributed by atoms with E-state index in [1.165, 1.54) is 11.3 Å². The molecular formula is C25H27N5O2S. The van der Waals surface area contributed by atoms with Crippen LogP contribution in [0.25, 0.3) is 11.0 Å². The van der Waals surface area contributed by atoms with Crippen LogP contribution in [-0.4, -0.2) is 32.3 Å². The van der Waals surface area contributed by atoms with Crippen LogP contribution in [0.1, 0.15) is 37.9 Å². The molecule has 0 saturated carbocycles. The Labute approximate surface area is 197 Å². The zero-order valence-electron chi connectivity index (χ0n) is 19.1. The first-order valence-corrected chi connectivity index (χ1v) is 11.7. The average molecular weight is 462 g/mol. The van der Waals surface area contributed by atoms with Crippen LogP contribution in [0.4, 0.5) is 5.69 Å². The van der Waals surface area contributed by atoms with Gasteiger partial charge in [0.05, 0.1) is 5.52 Å². The minimum absolute atomic E-state index is 0.0438. The Morgan fingerprint density at radius 3 is 2.61 bits per heavy atom. The van der Waals surface area contributed by atoms with E-state index in [1.807, 2.05) is 93.1 Å². The number of carbonyl (C=O) groups excluding carboxylic acids is 2. The predicted octanol–water partition coefficient (Wildman–Crippen LogP) is 4.49. The van der Waals surface area contributed by atoms with Gasteiger partial charge in [-0.2, -0.15) is 11.3 Å². The number of aryl methyl sites for hydroxylation is 1. The van der Waals surface area contributed by atoms with Crippen molar-refractivity contribution >= 4 is 39.9 Å². The number of nitrogens with one attached hydrogen (secondary N) is 1. The Balaban J connectivity index is 1.79. The van der Waals surface area contributed by atoms with Gasteiger partial charge in [0.1, 0.15) is 18.1 Å². The quantitative estimate of drug-likeness (QED) is 0.459. The van der Waals surface area contributed by atoms with Gasteiger partial charge < -0.3 is 5.32 Å². The Bertz CT molecular complexity index is 1270. The molecule has 1 N–H and O–H groups in total. The minimum Gasteiger partial charge on any atom is -0.349 e. The predicted molar refractivity (Wildman–Crippen MR) is 131 cm³/mol. The zero-order valence-corrected chi connectivity index (χ0v) is 20.0. The van der Waals surface area contributed by atoms with Crippen molar-refractivity contribution in [3.05, 3.63) is 76.5 Å². The molecule has 4 rings (SSSR count). The number of hydrogen-bond acceptors (Lipinski definition) is 5. The second-order valence-electron chi connectivity index (χ2n) is 9.04. The van der Waals surface area contributed by atoms with E-state index in [1.54, 1.807) is 9.58 Å². The average Bonchev–Trinajstić information content (AvgIpc) is 3.41. The largest absolute Gasteiger partial charge is 0.349 e. The highest BCUT2D eigenvalue weighted by Gasteiger charge is 2.35. The molecule has 33 heavy (non-hydrogen) atoms. The van der Waals surface area contributed by atoms with E-state index in [0.29, 0.717) is 11.2 Å². The summed E-state index contributed by atoms with van der Waals surface area (Å²) in [5.41, 5.74) is 3.45. The maximum atomic E-state index is 13.8. The molecule has 2 aromatic carbocycles. The molecule has 1 atom stereocenters. The van der Waals surface area contributed by atoms with E-state index in [2.05, 4.69) is 15.6 Å². The number of carbonyl (C=O) groups is 2. The molecule has 0 fully saturated rings. The third-order valence-corrected chi connectivity index (χ3v) is 5.82. The van der Waals surface area contributed by atoms with E-state index < -0.39 is 11.6 Å². The topological polar surface area (TPSA) is 80.1 Å². The van der Waals surface area contributed by atoms with Crippen molar-refractivity contribution in [2.24, 2.45) is 0 Å². The van der Waals surface area contributed by atoms with Crippen LogP contribution in [-0.2, 0) is 16.1 Å². The minimum atomic E-state index is -0.820. The summed E-state index contributed by atoms with van der Waals surface area (Å²) < 4.78 is 1.58. The first kappa shape index (κ1) is 22.7. The molecule has 0 bridgehead atoms. The molecule has 7 nitrogen and oxygen atoms in total. The SMILES string of the molecule is Cc1cccc(N(C(=O)Cn2nnc3ccccc32)[C@@H](C(=O)NC(C)(C)C)c2ccsc2)c1. The molecule has 8 heteroatoms. The highest BCUT2D eigenvalue weighted by atomic mass is 32.1. The molecule has 0 aliphatic rings. The second kappa shape index (κ2) is 9.15. The maximum Gasteiger partial charge on any atom is 0.249 e. The fraction of sp³-hybridized carbons (Fsp3) is 0.280. The third-order valence-electron chi connectivity index (χ3n) is 5.12. The van der Waals surface area contributed by atoms with Gasteiger partial charge in [0.25, 0.3) is 0 Å². The lowest BCUT2D eigenvalue weighted by Gasteiger charge is -2.33. The molecule has 0 spiro atoms. The summed E-state index contributed by atoms with van der Waals surface area (Å²) in [4.78, 5) is 29.0. The molecule has 0 aliphatic carbocycles. The van der Waals surface area contributed by atoms with Crippen molar-refractivity contribution in [2.75, 3.05) is 4.90 Å². The lowest BCUT2D eigenvalue weighted by molar-refractivity contribution is -0.128. The summed E-state index contributed by atoms with van der Waals surface area (Å²) in [6.45, 7) is 7.70. The van der Waals surface area contributed by atoms with Gasteiger partial charge in [-0.3, -0.25) is 14.5 Å². The highest BCUT2D eigenvalue weighted by molar-refractivity contribution is 7.08. The normalized spacial score (nSPS) is 12.5. The van der Waals surface area contributed by atoms with Crippen molar-refractivity contribution in [3.63, 3.8) is 0 Å². The lowest BCUT2D eigenvalue weighted by Crippen LogP contribution is -2.50. The number of fused-ring (bicyclic) bond motifs is 1. The molecule has 2 amide bonds. The molecule has 0 saturated heterocycles. The van der Waals surface area contributed by atoms with E-state index in [9.17, 15) is 9.59 Å². The smallest absolute Gasteiger partial charge is 0.249 e. The molecule has 170 valence electrons. The number of thiophene rings is 1. The Morgan fingerprint density at radius 2 is 1.91 bits per heavy atom. The summed E-state index contributed by atoms with van der Waals surface area (Å²) in [6, 6.07) is 16.2. The van der Waals surface area contributed by atoms with Crippen molar-refractivity contribution in [1.29, 1.82) is 0 Å². The number of amides is 2. The van der Waals surface area contributed by atoms with Crippen molar-refractivity contribution in [2.45, 2.75) is 45.8 Å². The fourth-order valence-electron chi connectivity index (χ4n) is 3.74. The summed E-state index contributed by atoms with van der Waals surface area (Å²) in [5, 5.41) is 15.2. The first-order chi connectivity index (χ1) is 15.7. The van der Waals surface area contributed by atoms with Gasteiger partial charge in [-0.05, 0) is 79.9 Å². The lowest BCUT2D eigenvalue weighted by atomic mass is 10.0. The van der Waals surface area contributed by atoms with Crippen LogP contribution in [0.15, 0.2) is 65.4 Å². The standard InChI is InChI=1S/C25H27N5O2S/c1-17-8-7-9-19(14-17)30(22(31)15-29-21-11-6-5-10-20(21)27-28-29)23(18-12-13-33-16-18)24(32)26-25(2,3)4/h5-14,16,23H,15H2,1-4H3,(H,26,32)/t23-/m1/s1. The van der Waals surface area contributed by atoms with Crippen molar-refractivity contribution < 1.29 is 9.59 Å². The van der Waals surface area contributed by atoms with E-state index in [0.717, 1.165) is 16.6 Å². The van der Waals surface area contributed by atoms with Crippen LogP contribution >= 0.6 is 11.3 Å². The van der Waals surface area contributed by atoms with Crippen molar-refractivity contribution in [1.82, 2.24) is 20.3 Å². The Hall–Kier alpha value is -3.52. The maximum absolute atomic E-state index is 13.8. The van der Waals surface area contributed by atoms with Gasteiger partial charge in [0.15, 0.2) is 0 Å². The van der Waals surface area contributed by atoms with Crippen LogP contribution in [0.3, 0.4) is 0 Å². The van der Waals surface area contributed by atoms with Gasteiger partial charge in [0, 0.05) is 11.2 Å². The number of benzene rings is 2. The molecule has 4 aromatic rings.